The van der Waals surface area contributed by atoms with Gasteiger partial charge in [-0.2, -0.15) is 0 Å². The van der Waals surface area contributed by atoms with Crippen LogP contribution in [-0.2, 0) is 4.79 Å². The zero-order chi connectivity index (χ0) is 13.5. The Morgan fingerprint density at radius 3 is 2.89 bits per heavy atom. The normalized spacial score (nSPS) is 10.2. The number of carbonyl (C=O) groups excluding carboxylic acids is 1. The van der Waals surface area contributed by atoms with Gasteiger partial charge in [0.05, 0.1) is 13.4 Å². The van der Waals surface area contributed by atoms with Gasteiger partial charge in [-0.25, -0.2) is 4.98 Å². The summed E-state index contributed by atoms with van der Waals surface area (Å²) in [6, 6.07) is 0.115. The average molecular weight is 254 g/mol. The first-order chi connectivity index (χ1) is 8.54. The van der Waals surface area contributed by atoms with Gasteiger partial charge in [-0.1, -0.05) is 0 Å². The van der Waals surface area contributed by atoms with Crippen LogP contribution in [0.1, 0.15) is 20.3 Å². The lowest BCUT2D eigenvalue weighted by Gasteiger charge is -2.10. The van der Waals surface area contributed by atoms with Gasteiger partial charge in [-0.15, -0.1) is 0 Å². The second-order valence-electron chi connectivity index (χ2n) is 4.01. The molecule has 7 heteroatoms. The molecule has 0 bridgehead atoms. The molecule has 0 saturated carbocycles. The van der Waals surface area contributed by atoms with E-state index in [1.165, 1.54) is 13.4 Å². The minimum absolute atomic E-state index is 0.0543. The van der Waals surface area contributed by atoms with Crippen molar-refractivity contribution in [1.82, 2.24) is 15.3 Å². The number of aromatic nitrogens is 2. The summed E-state index contributed by atoms with van der Waals surface area (Å²) in [5.74, 6) is 0.390. The summed E-state index contributed by atoms with van der Waals surface area (Å²) >= 11 is 0. The van der Waals surface area contributed by atoms with Gasteiger partial charge < -0.3 is 20.4 Å². The molecule has 1 aromatic rings. The first-order valence-corrected chi connectivity index (χ1v) is 5.69. The standard InChI is InChI=1S/C11H18N4O3/c1-7(2)15-8(16)4-5-12-10-9(18-3)11(17)14-6-13-10/h6-7H,4-5H2,1-3H3,(H,15,16)(H2,12,13,14,17). The lowest BCUT2D eigenvalue weighted by Crippen LogP contribution is -2.31. The maximum absolute atomic E-state index is 11.4. The third-order valence-electron chi connectivity index (χ3n) is 2.11. The Balaban J connectivity index is 2.52. The fourth-order valence-corrected chi connectivity index (χ4v) is 1.39. The topological polar surface area (TPSA) is 96.1 Å². The number of amides is 1. The molecule has 0 fully saturated rings. The van der Waals surface area contributed by atoms with Crippen molar-refractivity contribution in [2.45, 2.75) is 26.3 Å². The van der Waals surface area contributed by atoms with Crippen LogP contribution in [0.3, 0.4) is 0 Å². The van der Waals surface area contributed by atoms with Crippen LogP contribution >= 0.6 is 0 Å². The molecular formula is C11H18N4O3. The molecule has 0 aromatic carbocycles. The van der Waals surface area contributed by atoms with E-state index in [1.54, 1.807) is 0 Å². The molecular weight excluding hydrogens is 236 g/mol. The number of hydrogen-bond donors (Lipinski definition) is 3. The van der Waals surface area contributed by atoms with Gasteiger partial charge in [0, 0.05) is 19.0 Å². The van der Waals surface area contributed by atoms with Crippen LogP contribution in [0.2, 0.25) is 0 Å². The van der Waals surface area contributed by atoms with E-state index in [9.17, 15) is 9.59 Å². The Kier molecular flexibility index (Phi) is 5.16. The van der Waals surface area contributed by atoms with E-state index in [-0.39, 0.29) is 23.3 Å². The van der Waals surface area contributed by atoms with Gasteiger partial charge in [-0.3, -0.25) is 9.59 Å². The largest absolute Gasteiger partial charge is 0.489 e. The Morgan fingerprint density at radius 2 is 2.28 bits per heavy atom. The quantitative estimate of drug-likeness (QED) is 0.669. The molecule has 18 heavy (non-hydrogen) atoms. The van der Waals surface area contributed by atoms with Crippen molar-refractivity contribution in [2.24, 2.45) is 0 Å². The van der Waals surface area contributed by atoms with Crippen LogP contribution in [0.25, 0.3) is 0 Å². The van der Waals surface area contributed by atoms with Crippen LogP contribution in [0.15, 0.2) is 11.1 Å². The van der Waals surface area contributed by atoms with E-state index in [4.69, 9.17) is 4.74 Å². The average Bonchev–Trinajstić information content (AvgIpc) is 2.28. The number of carbonyl (C=O) groups is 1. The summed E-state index contributed by atoms with van der Waals surface area (Å²) in [7, 11) is 1.39. The molecule has 0 aliphatic heterocycles. The molecule has 1 amide bonds. The highest BCUT2D eigenvalue weighted by atomic mass is 16.5. The monoisotopic (exact) mass is 254 g/mol. The second kappa shape index (κ2) is 6.63. The lowest BCUT2D eigenvalue weighted by atomic mass is 10.3. The molecule has 0 saturated heterocycles. The molecule has 0 atom stereocenters. The van der Waals surface area contributed by atoms with Gasteiger partial charge >= 0.3 is 0 Å². The number of aromatic amines is 1. The highest BCUT2D eigenvalue weighted by Gasteiger charge is 2.09. The number of anilines is 1. The van der Waals surface area contributed by atoms with E-state index < -0.39 is 0 Å². The van der Waals surface area contributed by atoms with Crippen molar-refractivity contribution >= 4 is 11.7 Å². The van der Waals surface area contributed by atoms with Gasteiger partial charge in [0.25, 0.3) is 5.56 Å². The third kappa shape index (κ3) is 4.08. The van der Waals surface area contributed by atoms with Crippen LogP contribution in [0, 0.1) is 0 Å². The number of hydrogen-bond acceptors (Lipinski definition) is 5. The zero-order valence-electron chi connectivity index (χ0n) is 10.7. The van der Waals surface area contributed by atoms with Crippen molar-refractivity contribution in [2.75, 3.05) is 19.0 Å². The fourth-order valence-electron chi connectivity index (χ4n) is 1.39. The molecule has 0 radical (unpaired) electrons. The molecule has 100 valence electrons. The summed E-state index contributed by atoms with van der Waals surface area (Å²) in [5.41, 5.74) is -0.360. The van der Waals surface area contributed by atoms with E-state index >= 15 is 0 Å². The minimum Gasteiger partial charge on any atom is -0.489 e. The molecule has 7 nitrogen and oxygen atoms in total. The molecule has 0 unspecified atom stereocenters. The summed E-state index contributed by atoms with van der Waals surface area (Å²) in [4.78, 5) is 29.1. The van der Waals surface area contributed by atoms with Crippen molar-refractivity contribution in [3.05, 3.63) is 16.7 Å². The first-order valence-electron chi connectivity index (χ1n) is 5.69. The highest BCUT2D eigenvalue weighted by Crippen LogP contribution is 2.13. The van der Waals surface area contributed by atoms with E-state index in [2.05, 4.69) is 20.6 Å². The number of ether oxygens (including phenoxy) is 1. The third-order valence-corrected chi connectivity index (χ3v) is 2.11. The Hall–Kier alpha value is -2.05. The Bertz CT molecular complexity index is 456. The van der Waals surface area contributed by atoms with Gasteiger partial charge in [0.1, 0.15) is 0 Å². The van der Waals surface area contributed by atoms with Gasteiger partial charge in [0.15, 0.2) is 5.82 Å². The van der Waals surface area contributed by atoms with E-state index in [0.29, 0.717) is 18.8 Å². The maximum atomic E-state index is 11.4. The smallest absolute Gasteiger partial charge is 0.295 e. The van der Waals surface area contributed by atoms with Crippen molar-refractivity contribution in [1.29, 1.82) is 0 Å². The number of nitrogens with one attached hydrogen (secondary N) is 3. The number of rotatable bonds is 6. The maximum Gasteiger partial charge on any atom is 0.295 e. The molecule has 0 aliphatic rings. The highest BCUT2D eigenvalue weighted by molar-refractivity contribution is 5.76. The van der Waals surface area contributed by atoms with E-state index in [0.717, 1.165) is 0 Å². The van der Waals surface area contributed by atoms with Crippen molar-refractivity contribution < 1.29 is 9.53 Å². The summed E-state index contributed by atoms with van der Waals surface area (Å²) < 4.78 is 4.93. The minimum atomic E-state index is -0.360. The molecule has 0 aliphatic carbocycles. The van der Waals surface area contributed by atoms with Crippen molar-refractivity contribution in [3.63, 3.8) is 0 Å². The van der Waals surface area contributed by atoms with Crippen molar-refractivity contribution in [3.8, 4) is 5.75 Å². The van der Waals surface area contributed by atoms with E-state index in [1.807, 2.05) is 13.8 Å². The summed E-state index contributed by atoms with van der Waals surface area (Å²) in [6.45, 7) is 4.17. The fraction of sp³-hybridized carbons (Fsp3) is 0.545. The molecule has 1 aromatic heterocycles. The Labute approximate surface area is 105 Å². The number of methoxy groups -OCH3 is 1. The molecule has 0 spiro atoms. The second-order valence-corrected chi connectivity index (χ2v) is 4.01. The van der Waals surface area contributed by atoms with Crippen LogP contribution in [0.5, 0.6) is 5.75 Å². The zero-order valence-corrected chi connectivity index (χ0v) is 10.7. The summed E-state index contributed by atoms with van der Waals surface area (Å²) in [6.07, 6.45) is 1.58. The number of nitrogens with zero attached hydrogens (tertiary/aromatic N) is 1. The SMILES string of the molecule is COc1c(NCCC(=O)NC(C)C)nc[nH]c1=O. The van der Waals surface area contributed by atoms with Crippen LogP contribution in [-0.4, -0.2) is 35.6 Å². The van der Waals surface area contributed by atoms with Gasteiger partial charge in [0.2, 0.25) is 11.7 Å². The Morgan fingerprint density at radius 1 is 1.56 bits per heavy atom. The molecule has 1 heterocycles. The lowest BCUT2D eigenvalue weighted by molar-refractivity contribution is -0.121. The predicted molar refractivity (Wildman–Crippen MR) is 67.8 cm³/mol. The van der Waals surface area contributed by atoms with Gasteiger partial charge in [-0.05, 0) is 13.8 Å². The number of H-pyrrole nitrogens is 1. The predicted octanol–water partition coefficient (Wildman–Crippen LogP) is 0.105. The van der Waals surface area contributed by atoms with Crippen LogP contribution < -0.4 is 20.9 Å². The first kappa shape index (κ1) is 14.0. The van der Waals surface area contributed by atoms with Crippen LogP contribution in [0.4, 0.5) is 5.82 Å². The molecule has 1 rings (SSSR count). The summed E-state index contributed by atoms with van der Waals surface area (Å²) in [5, 5.41) is 5.66. The molecule has 3 N–H and O–H groups in total.